The Kier molecular flexibility index (Phi) is 7.65. The molecule has 1 saturated heterocycles. The summed E-state index contributed by atoms with van der Waals surface area (Å²) in [5.41, 5.74) is 3.13. The summed E-state index contributed by atoms with van der Waals surface area (Å²) in [4.78, 5) is 38.4. The van der Waals surface area contributed by atoms with E-state index < -0.39 is 40.5 Å². The quantitative estimate of drug-likeness (QED) is 0.547. The second-order valence-electron chi connectivity index (χ2n) is 9.20. The predicted molar refractivity (Wildman–Crippen MR) is 129 cm³/mol. The SMILES string of the molecule is Cc1cccc(C(=O)NC(Cc2ccccc2)C(O)C(=O)C2CSC(C)(C)C2C(=O)O)c1C. The number of nitrogens with one attached hydrogen (secondary N) is 1. The molecule has 176 valence electrons. The number of thioether (sulfide) groups is 1. The van der Waals surface area contributed by atoms with Crippen LogP contribution in [0.15, 0.2) is 48.5 Å². The molecule has 2 aromatic carbocycles. The first-order valence-corrected chi connectivity index (χ1v) is 12.0. The van der Waals surface area contributed by atoms with Gasteiger partial charge >= 0.3 is 5.97 Å². The van der Waals surface area contributed by atoms with Crippen LogP contribution in [0.2, 0.25) is 0 Å². The fourth-order valence-electron chi connectivity index (χ4n) is 4.46. The maximum absolute atomic E-state index is 13.3. The number of carbonyl (C=O) groups excluding carboxylic acids is 2. The number of Topliss-reactive ketones (excluding diaryl/α,β-unsaturated/α-hetero) is 1. The van der Waals surface area contributed by atoms with Crippen LogP contribution in [0.4, 0.5) is 0 Å². The Bertz CT molecular complexity index is 1040. The Labute approximate surface area is 198 Å². The maximum atomic E-state index is 13.3. The van der Waals surface area contributed by atoms with E-state index in [9.17, 15) is 24.6 Å². The molecular weight excluding hydrogens is 438 g/mol. The topological polar surface area (TPSA) is 104 Å². The van der Waals surface area contributed by atoms with Crippen molar-refractivity contribution in [3.05, 3.63) is 70.8 Å². The van der Waals surface area contributed by atoms with Gasteiger partial charge < -0.3 is 15.5 Å². The van der Waals surface area contributed by atoms with Crippen LogP contribution in [0.25, 0.3) is 0 Å². The number of benzene rings is 2. The van der Waals surface area contributed by atoms with Crippen molar-refractivity contribution >= 4 is 29.4 Å². The Balaban J connectivity index is 1.88. The van der Waals surface area contributed by atoms with Gasteiger partial charge in [0.05, 0.1) is 12.0 Å². The fourth-order valence-corrected chi connectivity index (χ4v) is 5.87. The lowest BCUT2D eigenvalue weighted by Crippen LogP contribution is -2.51. The van der Waals surface area contributed by atoms with Crippen molar-refractivity contribution in [1.29, 1.82) is 0 Å². The summed E-state index contributed by atoms with van der Waals surface area (Å²) in [5, 5.41) is 23.7. The molecule has 0 spiro atoms. The zero-order chi connectivity index (χ0) is 24.3. The molecule has 4 atom stereocenters. The predicted octanol–water partition coefficient (Wildman–Crippen LogP) is 3.42. The highest BCUT2D eigenvalue weighted by Crippen LogP contribution is 2.46. The molecule has 4 unspecified atom stereocenters. The lowest BCUT2D eigenvalue weighted by Gasteiger charge is -2.29. The summed E-state index contributed by atoms with van der Waals surface area (Å²) >= 11 is 1.42. The van der Waals surface area contributed by atoms with Crippen LogP contribution in [0.5, 0.6) is 0 Å². The summed E-state index contributed by atoms with van der Waals surface area (Å²) in [6.45, 7) is 7.38. The zero-order valence-corrected chi connectivity index (χ0v) is 20.2. The summed E-state index contributed by atoms with van der Waals surface area (Å²) in [7, 11) is 0. The standard InChI is InChI=1S/C26H31NO5S/c1-15-9-8-12-18(16(15)2)24(30)27-20(13-17-10-6-5-7-11-17)23(29)22(28)19-14-33-26(3,4)21(19)25(31)32/h5-12,19-21,23,29H,13-14H2,1-4H3,(H,27,30)(H,31,32). The molecule has 1 fully saturated rings. The first kappa shape index (κ1) is 25.0. The van der Waals surface area contributed by atoms with Crippen molar-refractivity contribution in [3.8, 4) is 0 Å². The molecule has 0 radical (unpaired) electrons. The Morgan fingerprint density at radius 1 is 1.09 bits per heavy atom. The molecular formula is C26H31NO5S. The number of rotatable bonds is 8. The molecule has 0 saturated carbocycles. The van der Waals surface area contributed by atoms with Crippen LogP contribution >= 0.6 is 11.8 Å². The maximum Gasteiger partial charge on any atom is 0.308 e. The van der Waals surface area contributed by atoms with E-state index in [0.717, 1.165) is 16.7 Å². The van der Waals surface area contributed by atoms with Crippen molar-refractivity contribution in [2.45, 2.75) is 51.0 Å². The van der Waals surface area contributed by atoms with Gasteiger partial charge in [0.2, 0.25) is 0 Å². The average Bonchev–Trinajstić information content (AvgIpc) is 3.10. The van der Waals surface area contributed by atoms with Gasteiger partial charge in [-0.3, -0.25) is 14.4 Å². The number of ketones is 1. The van der Waals surface area contributed by atoms with Crippen LogP contribution in [-0.4, -0.2) is 50.5 Å². The molecule has 3 rings (SSSR count). The monoisotopic (exact) mass is 469 g/mol. The highest BCUT2D eigenvalue weighted by atomic mass is 32.2. The first-order chi connectivity index (χ1) is 15.5. The number of aliphatic hydroxyl groups excluding tert-OH is 1. The molecule has 2 aromatic rings. The van der Waals surface area contributed by atoms with Crippen molar-refractivity contribution in [1.82, 2.24) is 5.32 Å². The van der Waals surface area contributed by atoms with E-state index in [1.54, 1.807) is 26.0 Å². The van der Waals surface area contributed by atoms with Crippen molar-refractivity contribution in [2.75, 3.05) is 5.75 Å². The van der Waals surface area contributed by atoms with Crippen LogP contribution < -0.4 is 5.32 Å². The fraction of sp³-hybridized carbons (Fsp3) is 0.423. The molecule has 33 heavy (non-hydrogen) atoms. The second kappa shape index (κ2) is 10.1. The summed E-state index contributed by atoms with van der Waals surface area (Å²) in [6.07, 6.45) is -1.29. The van der Waals surface area contributed by atoms with Crippen LogP contribution in [-0.2, 0) is 16.0 Å². The van der Waals surface area contributed by atoms with Gasteiger partial charge in [-0.15, -0.1) is 0 Å². The number of carboxylic acid groups (broad SMARTS) is 1. The van der Waals surface area contributed by atoms with E-state index in [1.165, 1.54) is 11.8 Å². The molecule has 6 nitrogen and oxygen atoms in total. The average molecular weight is 470 g/mol. The number of carboxylic acids is 1. The summed E-state index contributed by atoms with van der Waals surface area (Å²) in [6, 6.07) is 13.8. The molecule has 1 aliphatic rings. The lowest BCUT2D eigenvalue weighted by molar-refractivity contribution is -0.149. The number of amides is 1. The lowest BCUT2D eigenvalue weighted by atomic mass is 9.79. The van der Waals surface area contributed by atoms with E-state index in [-0.39, 0.29) is 12.3 Å². The highest BCUT2D eigenvalue weighted by Gasteiger charge is 2.52. The third-order valence-corrected chi connectivity index (χ3v) is 8.08. The van der Waals surface area contributed by atoms with Gasteiger partial charge in [0.15, 0.2) is 5.78 Å². The minimum Gasteiger partial charge on any atom is -0.481 e. The van der Waals surface area contributed by atoms with Gasteiger partial charge in [0.25, 0.3) is 5.91 Å². The Hall–Kier alpha value is -2.64. The van der Waals surface area contributed by atoms with E-state index >= 15 is 0 Å². The molecule has 1 heterocycles. The Morgan fingerprint density at radius 3 is 2.39 bits per heavy atom. The molecule has 0 aliphatic carbocycles. The van der Waals surface area contributed by atoms with Gasteiger partial charge in [-0.25, -0.2) is 0 Å². The Morgan fingerprint density at radius 2 is 1.76 bits per heavy atom. The van der Waals surface area contributed by atoms with Crippen molar-refractivity contribution in [3.63, 3.8) is 0 Å². The first-order valence-electron chi connectivity index (χ1n) is 11.0. The number of hydrogen-bond acceptors (Lipinski definition) is 5. The van der Waals surface area contributed by atoms with Gasteiger partial charge in [-0.2, -0.15) is 11.8 Å². The number of aliphatic carboxylic acids is 1. The minimum atomic E-state index is -1.53. The van der Waals surface area contributed by atoms with E-state index in [2.05, 4.69) is 5.32 Å². The third kappa shape index (κ3) is 5.47. The second-order valence-corrected chi connectivity index (χ2v) is 10.9. The van der Waals surface area contributed by atoms with Crippen molar-refractivity contribution in [2.24, 2.45) is 11.8 Å². The largest absolute Gasteiger partial charge is 0.481 e. The molecule has 1 aliphatic heterocycles. The summed E-state index contributed by atoms with van der Waals surface area (Å²) < 4.78 is -0.622. The van der Waals surface area contributed by atoms with Gasteiger partial charge in [0, 0.05) is 22.0 Å². The molecule has 0 bridgehead atoms. The van der Waals surface area contributed by atoms with Gasteiger partial charge in [-0.05, 0) is 56.9 Å². The smallest absolute Gasteiger partial charge is 0.308 e. The number of hydrogen-bond donors (Lipinski definition) is 3. The number of aryl methyl sites for hydroxylation is 1. The minimum absolute atomic E-state index is 0.241. The normalized spacial score (nSPS) is 21.2. The van der Waals surface area contributed by atoms with E-state index in [4.69, 9.17) is 0 Å². The zero-order valence-electron chi connectivity index (χ0n) is 19.4. The molecule has 0 aromatic heterocycles. The van der Waals surface area contributed by atoms with Gasteiger partial charge in [-0.1, -0.05) is 42.5 Å². The van der Waals surface area contributed by atoms with Crippen LogP contribution in [0.1, 0.15) is 40.9 Å². The summed E-state index contributed by atoms with van der Waals surface area (Å²) in [5.74, 6) is -3.37. The highest BCUT2D eigenvalue weighted by molar-refractivity contribution is 8.01. The number of carbonyl (C=O) groups is 3. The molecule has 1 amide bonds. The van der Waals surface area contributed by atoms with E-state index in [1.807, 2.05) is 50.2 Å². The van der Waals surface area contributed by atoms with Crippen molar-refractivity contribution < 1.29 is 24.6 Å². The van der Waals surface area contributed by atoms with Crippen LogP contribution in [0.3, 0.4) is 0 Å². The molecule has 3 N–H and O–H groups in total. The third-order valence-electron chi connectivity index (χ3n) is 6.55. The number of aliphatic hydroxyl groups is 1. The van der Waals surface area contributed by atoms with Gasteiger partial charge in [0.1, 0.15) is 6.10 Å². The van der Waals surface area contributed by atoms with Crippen LogP contribution in [0, 0.1) is 25.7 Å². The van der Waals surface area contributed by atoms with E-state index in [0.29, 0.717) is 11.3 Å². The molecule has 7 heteroatoms.